The van der Waals surface area contributed by atoms with Crippen LogP contribution in [0.3, 0.4) is 0 Å². The number of benzene rings is 1. The molecular weight excluding hydrogens is 278 g/mol. The van der Waals surface area contributed by atoms with Crippen LogP contribution in [0.5, 0.6) is 5.75 Å². The second-order valence-electron chi connectivity index (χ2n) is 5.51. The van der Waals surface area contributed by atoms with Gasteiger partial charge >= 0.3 is 0 Å². The van der Waals surface area contributed by atoms with Crippen molar-refractivity contribution in [3.63, 3.8) is 0 Å². The van der Waals surface area contributed by atoms with Crippen molar-refractivity contribution >= 4 is 17.5 Å². The third kappa shape index (κ3) is 2.63. The Kier molecular flexibility index (Phi) is 3.85. The van der Waals surface area contributed by atoms with Crippen LogP contribution in [0.15, 0.2) is 18.2 Å². The Morgan fingerprint density at radius 2 is 2.35 bits per heavy atom. The van der Waals surface area contributed by atoms with Gasteiger partial charge in [0.1, 0.15) is 5.75 Å². The van der Waals surface area contributed by atoms with E-state index in [9.17, 15) is 4.79 Å². The Labute approximate surface area is 123 Å². The molecule has 108 valence electrons. The van der Waals surface area contributed by atoms with Crippen molar-refractivity contribution in [1.29, 1.82) is 0 Å². The molecular formula is C15H18ClNO3. The first-order chi connectivity index (χ1) is 9.67. The molecule has 0 aromatic heterocycles. The summed E-state index contributed by atoms with van der Waals surface area (Å²) in [5.74, 6) is 1.23. The van der Waals surface area contributed by atoms with Gasteiger partial charge in [-0.1, -0.05) is 11.6 Å². The number of likely N-dealkylation sites (tertiary alicyclic amines) is 1. The number of nitrogens with zero attached hydrogens (tertiary/aromatic N) is 1. The number of carbonyl (C=O) groups excluding carboxylic acids is 1. The summed E-state index contributed by atoms with van der Waals surface area (Å²) in [6.07, 6.45) is 1.91. The number of hydrogen-bond donors (Lipinski definition) is 1. The largest absolute Gasteiger partial charge is 0.480 e. The fraction of sp³-hybridized carbons (Fsp3) is 0.533. The second-order valence-corrected chi connectivity index (χ2v) is 5.95. The summed E-state index contributed by atoms with van der Waals surface area (Å²) < 4.78 is 5.73. The molecule has 2 heterocycles. The van der Waals surface area contributed by atoms with Crippen molar-refractivity contribution in [3.8, 4) is 5.75 Å². The zero-order chi connectivity index (χ0) is 14.1. The molecule has 4 nitrogen and oxygen atoms in total. The van der Waals surface area contributed by atoms with Crippen molar-refractivity contribution < 1.29 is 14.6 Å². The van der Waals surface area contributed by atoms with Gasteiger partial charge in [0.25, 0.3) is 5.91 Å². The minimum atomic E-state index is -0.420. The quantitative estimate of drug-likeness (QED) is 0.926. The molecule has 2 aliphatic heterocycles. The highest BCUT2D eigenvalue weighted by atomic mass is 35.5. The minimum Gasteiger partial charge on any atom is -0.480 e. The zero-order valence-electron chi connectivity index (χ0n) is 11.2. The van der Waals surface area contributed by atoms with E-state index in [2.05, 4.69) is 0 Å². The summed E-state index contributed by atoms with van der Waals surface area (Å²) in [6.45, 7) is 1.69. The SMILES string of the molecule is O=C(C1Cc2cc(Cl)ccc2O1)N1CCC(CCO)C1. The number of amides is 1. The molecule has 2 unspecified atom stereocenters. The molecule has 1 amide bonds. The topological polar surface area (TPSA) is 49.8 Å². The number of hydrogen-bond acceptors (Lipinski definition) is 3. The highest BCUT2D eigenvalue weighted by Gasteiger charge is 2.35. The number of rotatable bonds is 3. The summed E-state index contributed by atoms with van der Waals surface area (Å²) in [7, 11) is 0. The van der Waals surface area contributed by atoms with Gasteiger partial charge in [0.15, 0.2) is 6.10 Å². The normalized spacial score (nSPS) is 24.6. The van der Waals surface area contributed by atoms with Crippen LogP contribution in [-0.2, 0) is 11.2 Å². The molecule has 1 fully saturated rings. The summed E-state index contributed by atoms with van der Waals surface area (Å²) in [4.78, 5) is 14.3. The van der Waals surface area contributed by atoms with Gasteiger partial charge in [-0.3, -0.25) is 4.79 Å². The van der Waals surface area contributed by atoms with Crippen LogP contribution in [0.1, 0.15) is 18.4 Å². The van der Waals surface area contributed by atoms with Crippen molar-refractivity contribution in [3.05, 3.63) is 28.8 Å². The Morgan fingerprint density at radius 3 is 3.15 bits per heavy atom. The summed E-state index contributed by atoms with van der Waals surface area (Å²) in [6, 6.07) is 5.46. The third-order valence-electron chi connectivity index (χ3n) is 4.11. The van der Waals surface area contributed by atoms with Crippen LogP contribution in [-0.4, -0.2) is 41.7 Å². The van der Waals surface area contributed by atoms with Gasteiger partial charge in [0.05, 0.1) is 0 Å². The fourth-order valence-electron chi connectivity index (χ4n) is 3.01. The molecule has 1 saturated heterocycles. The van der Waals surface area contributed by atoms with Gasteiger partial charge < -0.3 is 14.7 Å². The van der Waals surface area contributed by atoms with Crippen LogP contribution in [0.2, 0.25) is 5.02 Å². The summed E-state index contributed by atoms with van der Waals surface area (Å²) in [5.41, 5.74) is 1.00. The second kappa shape index (κ2) is 5.62. The number of aliphatic hydroxyl groups is 1. The van der Waals surface area contributed by atoms with Gasteiger partial charge in [-0.05, 0) is 42.5 Å². The van der Waals surface area contributed by atoms with Crippen molar-refractivity contribution in [2.24, 2.45) is 5.92 Å². The lowest BCUT2D eigenvalue weighted by molar-refractivity contribution is -0.137. The lowest BCUT2D eigenvalue weighted by atomic mass is 10.1. The van der Waals surface area contributed by atoms with Crippen LogP contribution in [0, 0.1) is 5.92 Å². The van der Waals surface area contributed by atoms with Crippen LogP contribution in [0.25, 0.3) is 0 Å². The molecule has 0 aliphatic carbocycles. The van der Waals surface area contributed by atoms with Crippen molar-refractivity contribution in [2.45, 2.75) is 25.4 Å². The number of aliphatic hydroxyl groups excluding tert-OH is 1. The molecule has 0 spiro atoms. The van der Waals surface area contributed by atoms with E-state index in [0.29, 0.717) is 17.4 Å². The minimum absolute atomic E-state index is 0.0535. The molecule has 0 saturated carbocycles. The Balaban J connectivity index is 1.63. The molecule has 0 bridgehead atoms. The van der Waals surface area contributed by atoms with Gasteiger partial charge in [-0.25, -0.2) is 0 Å². The smallest absolute Gasteiger partial charge is 0.264 e. The molecule has 3 rings (SSSR count). The summed E-state index contributed by atoms with van der Waals surface area (Å²) in [5, 5.41) is 9.64. The van der Waals surface area contributed by atoms with Gasteiger partial charge in [-0.15, -0.1) is 0 Å². The molecule has 2 aliphatic rings. The average molecular weight is 296 g/mol. The van der Waals surface area contributed by atoms with Gasteiger partial charge in [0, 0.05) is 31.1 Å². The van der Waals surface area contributed by atoms with E-state index in [1.54, 1.807) is 6.07 Å². The van der Waals surface area contributed by atoms with E-state index in [4.69, 9.17) is 21.4 Å². The molecule has 5 heteroatoms. The van der Waals surface area contributed by atoms with E-state index < -0.39 is 6.10 Å². The molecule has 20 heavy (non-hydrogen) atoms. The van der Waals surface area contributed by atoms with Crippen LogP contribution >= 0.6 is 11.6 Å². The Hall–Kier alpha value is -1.26. The van der Waals surface area contributed by atoms with E-state index in [1.165, 1.54) is 0 Å². The van der Waals surface area contributed by atoms with E-state index >= 15 is 0 Å². The first kappa shape index (κ1) is 13.7. The number of ether oxygens (including phenoxy) is 1. The maximum absolute atomic E-state index is 12.5. The predicted molar refractivity (Wildman–Crippen MR) is 76.0 cm³/mol. The molecule has 1 aromatic rings. The molecule has 2 atom stereocenters. The van der Waals surface area contributed by atoms with Crippen molar-refractivity contribution in [2.75, 3.05) is 19.7 Å². The molecule has 1 aromatic carbocycles. The maximum Gasteiger partial charge on any atom is 0.264 e. The summed E-state index contributed by atoms with van der Waals surface area (Å²) >= 11 is 5.96. The van der Waals surface area contributed by atoms with E-state index in [0.717, 1.165) is 37.2 Å². The molecule has 0 radical (unpaired) electrons. The fourth-order valence-corrected chi connectivity index (χ4v) is 3.20. The van der Waals surface area contributed by atoms with Crippen LogP contribution in [0.4, 0.5) is 0 Å². The highest BCUT2D eigenvalue weighted by Crippen LogP contribution is 2.32. The lowest BCUT2D eigenvalue weighted by Gasteiger charge is -2.20. The Bertz CT molecular complexity index is 520. The number of halogens is 1. The standard InChI is InChI=1S/C15H18ClNO3/c16-12-1-2-13-11(7-12)8-14(20-13)15(19)17-5-3-10(9-17)4-6-18/h1-2,7,10,14,18H,3-6,8-9H2. The molecule has 1 N–H and O–H groups in total. The Morgan fingerprint density at radius 1 is 1.50 bits per heavy atom. The number of fused-ring (bicyclic) bond motifs is 1. The van der Waals surface area contributed by atoms with Crippen molar-refractivity contribution in [1.82, 2.24) is 4.90 Å². The van der Waals surface area contributed by atoms with E-state index in [-0.39, 0.29) is 12.5 Å². The van der Waals surface area contributed by atoms with Gasteiger partial charge in [-0.2, -0.15) is 0 Å². The monoisotopic (exact) mass is 295 g/mol. The zero-order valence-corrected chi connectivity index (χ0v) is 12.0. The first-order valence-electron chi connectivity index (χ1n) is 7.02. The average Bonchev–Trinajstić information content (AvgIpc) is 3.04. The number of carbonyl (C=O) groups is 1. The maximum atomic E-state index is 12.5. The van der Waals surface area contributed by atoms with E-state index in [1.807, 2.05) is 17.0 Å². The lowest BCUT2D eigenvalue weighted by Crippen LogP contribution is -2.40. The van der Waals surface area contributed by atoms with Crippen LogP contribution < -0.4 is 4.74 Å². The van der Waals surface area contributed by atoms with Gasteiger partial charge in [0.2, 0.25) is 0 Å². The predicted octanol–water partition coefficient (Wildman–Crippen LogP) is 1.87. The third-order valence-corrected chi connectivity index (χ3v) is 4.34. The highest BCUT2D eigenvalue weighted by molar-refractivity contribution is 6.30. The first-order valence-corrected chi connectivity index (χ1v) is 7.40.